The molecule has 1 unspecified atom stereocenters. The SMILES string of the molecule is CC(C)Oc1ccc(C(=O)N2CCN(CCNC(=O)C3CC(=O)N(c4ccccc4)C3)CC2)cc1. The normalized spacial score (nSPS) is 18.7. The van der Waals surface area contributed by atoms with Gasteiger partial charge in [0.05, 0.1) is 12.0 Å². The Labute approximate surface area is 206 Å². The molecule has 186 valence electrons. The lowest BCUT2D eigenvalue weighted by molar-refractivity contribution is -0.126. The van der Waals surface area contributed by atoms with Gasteiger partial charge in [-0.15, -0.1) is 0 Å². The van der Waals surface area contributed by atoms with Gasteiger partial charge in [-0.1, -0.05) is 18.2 Å². The van der Waals surface area contributed by atoms with Gasteiger partial charge in [0.25, 0.3) is 5.91 Å². The quantitative estimate of drug-likeness (QED) is 0.630. The van der Waals surface area contributed by atoms with Crippen molar-refractivity contribution in [1.82, 2.24) is 15.1 Å². The van der Waals surface area contributed by atoms with E-state index in [0.717, 1.165) is 31.1 Å². The van der Waals surface area contributed by atoms with Crippen molar-refractivity contribution in [3.05, 3.63) is 60.2 Å². The third kappa shape index (κ3) is 6.39. The van der Waals surface area contributed by atoms with E-state index in [1.54, 1.807) is 4.90 Å². The Kier molecular flexibility index (Phi) is 8.02. The van der Waals surface area contributed by atoms with E-state index in [4.69, 9.17) is 4.74 Å². The molecule has 2 saturated heterocycles. The minimum atomic E-state index is -0.325. The first kappa shape index (κ1) is 24.7. The number of carbonyl (C=O) groups is 3. The summed E-state index contributed by atoms with van der Waals surface area (Å²) < 4.78 is 5.65. The van der Waals surface area contributed by atoms with E-state index in [1.165, 1.54) is 0 Å². The van der Waals surface area contributed by atoms with Crippen molar-refractivity contribution in [2.75, 3.05) is 50.7 Å². The third-order valence-corrected chi connectivity index (χ3v) is 6.42. The molecule has 2 aromatic carbocycles. The average Bonchev–Trinajstić information content (AvgIpc) is 3.26. The highest BCUT2D eigenvalue weighted by Crippen LogP contribution is 2.24. The Bertz CT molecular complexity index is 1020. The molecular formula is C27H34N4O4. The minimum absolute atomic E-state index is 0.0146. The second-order valence-corrected chi connectivity index (χ2v) is 9.36. The number of nitrogens with one attached hydrogen (secondary N) is 1. The van der Waals surface area contributed by atoms with Gasteiger partial charge in [0, 0.05) is 63.5 Å². The zero-order valence-electron chi connectivity index (χ0n) is 20.5. The van der Waals surface area contributed by atoms with Gasteiger partial charge in [0.1, 0.15) is 5.75 Å². The fraction of sp³-hybridized carbons (Fsp3) is 0.444. The number of anilines is 1. The summed E-state index contributed by atoms with van der Waals surface area (Å²) in [4.78, 5) is 43.6. The summed E-state index contributed by atoms with van der Waals surface area (Å²) in [5.41, 5.74) is 1.50. The summed E-state index contributed by atoms with van der Waals surface area (Å²) in [6.45, 7) is 8.44. The van der Waals surface area contributed by atoms with Crippen LogP contribution >= 0.6 is 0 Å². The maximum absolute atomic E-state index is 12.8. The van der Waals surface area contributed by atoms with Gasteiger partial charge in [-0.3, -0.25) is 19.3 Å². The fourth-order valence-electron chi connectivity index (χ4n) is 4.53. The number of hydrogen-bond acceptors (Lipinski definition) is 5. The highest BCUT2D eigenvalue weighted by atomic mass is 16.5. The lowest BCUT2D eigenvalue weighted by Crippen LogP contribution is -2.50. The molecule has 2 heterocycles. The Morgan fingerprint density at radius 2 is 1.69 bits per heavy atom. The van der Waals surface area contributed by atoms with Gasteiger partial charge in [-0.05, 0) is 50.2 Å². The molecule has 2 aromatic rings. The molecule has 8 heteroatoms. The molecule has 35 heavy (non-hydrogen) atoms. The van der Waals surface area contributed by atoms with E-state index in [2.05, 4.69) is 10.2 Å². The third-order valence-electron chi connectivity index (χ3n) is 6.42. The van der Waals surface area contributed by atoms with Crippen LogP contribution in [0.4, 0.5) is 5.69 Å². The van der Waals surface area contributed by atoms with Crippen molar-refractivity contribution < 1.29 is 19.1 Å². The summed E-state index contributed by atoms with van der Waals surface area (Å²) in [6.07, 6.45) is 0.338. The summed E-state index contributed by atoms with van der Waals surface area (Å²) in [5.74, 6) is 0.380. The summed E-state index contributed by atoms with van der Waals surface area (Å²) in [5, 5.41) is 2.99. The van der Waals surface area contributed by atoms with Crippen molar-refractivity contribution in [2.24, 2.45) is 5.92 Å². The molecule has 4 rings (SSSR count). The number of benzene rings is 2. The molecule has 1 N–H and O–H groups in total. The van der Waals surface area contributed by atoms with Gasteiger partial charge < -0.3 is 19.9 Å². The van der Waals surface area contributed by atoms with Crippen LogP contribution in [-0.2, 0) is 9.59 Å². The maximum atomic E-state index is 12.8. The largest absolute Gasteiger partial charge is 0.491 e. The number of piperazine rings is 1. The number of carbonyl (C=O) groups excluding carboxylic acids is 3. The molecule has 0 saturated carbocycles. The van der Waals surface area contributed by atoms with Crippen LogP contribution in [0.2, 0.25) is 0 Å². The van der Waals surface area contributed by atoms with Crippen LogP contribution in [0.5, 0.6) is 5.75 Å². The summed E-state index contributed by atoms with van der Waals surface area (Å²) in [7, 11) is 0. The molecule has 2 aliphatic heterocycles. The lowest BCUT2D eigenvalue weighted by Gasteiger charge is -2.34. The van der Waals surface area contributed by atoms with E-state index in [9.17, 15) is 14.4 Å². The monoisotopic (exact) mass is 478 g/mol. The van der Waals surface area contributed by atoms with Gasteiger partial charge in [-0.2, -0.15) is 0 Å². The van der Waals surface area contributed by atoms with E-state index in [-0.39, 0.29) is 36.2 Å². The first-order chi connectivity index (χ1) is 16.9. The zero-order chi connectivity index (χ0) is 24.8. The van der Waals surface area contributed by atoms with E-state index in [0.29, 0.717) is 31.7 Å². The zero-order valence-corrected chi connectivity index (χ0v) is 20.5. The molecule has 3 amide bonds. The van der Waals surface area contributed by atoms with E-state index >= 15 is 0 Å². The van der Waals surface area contributed by atoms with Crippen LogP contribution in [0.1, 0.15) is 30.6 Å². The average molecular weight is 479 g/mol. The second kappa shape index (κ2) is 11.4. The molecule has 1 atom stereocenters. The first-order valence-corrected chi connectivity index (χ1v) is 12.3. The van der Waals surface area contributed by atoms with Crippen molar-refractivity contribution in [1.29, 1.82) is 0 Å². The number of para-hydroxylation sites is 1. The Morgan fingerprint density at radius 3 is 2.34 bits per heavy atom. The van der Waals surface area contributed by atoms with Crippen LogP contribution in [-0.4, -0.2) is 79.4 Å². The summed E-state index contributed by atoms with van der Waals surface area (Å²) >= 11 is 0. The van der Waals surface area contributed by atoms with Crippen LogP contribution in [0.15, 0.2) is 54.6 Å². The van der Waals surface area contributed by atoms with Crippen LogP contribution in [0.25, 0.3) is 0 Å². The second-order valence-electron chi connectivity index (χ2n) is 9.36. The number of rotatable bonds is 8. The van der Waals surface area contributed by atoms with Crippen molar-refractivity contribution in [3.8, 4) is 5.75 Å². The summed E-state index contributed by atoms with van der Waals surface area (Å²) in [6, 6.07) is 16.8. The highest BCUT2D eigenvalue weighted by Gasteiger charge is 2.35. The molecule has 8 nitrogen and oxygen atoms in total. The van der Waals surface area contributed by atoms with E-state index < -0.39 is 0 Å². The number of amides is 3. The predicted molar refractivity (Wildman–Crippen MR) is 134 cm³/mol. The first-order valence-electron chi connectivity index (χ1n) is 12.3. The molecule has 2 fully saturated rings. The van der Waals surface area contributed by atoms with Crippen molar-refractivity contribution >= 4 is 23.4 Å². The fourth-order valence-corrected chi connectivity index (χ4v) is 4.53. The molecular weight excluding hydrogens is 444 g/mol. The van der Waals surface area contributed by atoms with Gasteiger partial charge >= 0.3 is 0 Å². The van der Waals surface area contributed by atoms with Gasteiger partial charge in [0.15, 0.2) is 0 Å². The standard InChI is InChI=1S/C27H34N4O4/c1-20(2)35-24-10-8-21(9-11-24)27(34)30-16-14-29(15-17-30)13-12-28-26(33)22-18-25(32)31(19-22)23-6-4-3-5-7-23/h3-11,20,22H,12-19H2,1-2H3,(H,28,33). The number of nitrogens with zero attached hydrogens (tertiary/aromatic N) is 3. The predicted octanol–water partition coefficient (Wildman–Crippen LogP) is 2.40. The van der Waals surface area contributed by atoms with Crippen LogP contribution < -0.4 is 15.0 Å². The van der Waals surface area contributed by atoms with Crippen molar-refractivity contribution in [3.63, 3.8) is 0 Å². The number of hydrogen-bond donors (Lipinski definition) is 1. The molecule has 2 aliphatic rings. The smallest absolute Gasteiger partial charge is 0.253 e. The van der Waals surface area contributed by atoms with Crippen LogP contribution in [0, 0.1) is 5.92 Å². The van der Waals surface area contributed by atoms with E-state index in [1.807, 2.05) is 73.3 Å². The molecule has 0 radical (unpaired) electrons. The van der Waals surface area contributed by atoms with Crippen LogP contribution in [0.3, 0.4) is 0 Å². The Morgan fingerprint density at radius 1 is 1.00 bits per heavy atom. The molecule has 0 bridgehead atoms. The Hall–Kier alpha value is -3.39. The van der Waals surface area contributed by atoms with Gasteiger partial charge in [-0.25, -0.2) is 0 Å². The Balaban J connectivity index is 1.17. The highest BCUT2D eigenvalue weighted by molar-refractivity contribution is 6.00. The van der Waals surface area contributed by atoms with Gasteiger partial charge in [0.2, 0.25) is 11.8 Å². The molecule has 0 aromatic heterocycles. The van der Waals surface area contributed by atoms with Crippen molar-refractivity contribution in [2.45, 2.75) is 26.4 Å². The lowest BCUT2D eigenvalue weighted by atomic mass is 10.1. The number of ether oxygens (including phenoxy) is 1. The minimum Gasteiger partial charge on any atom is -0.491 e. The maximum Gasteiger partial charge on any atom is 0.253 e. The molecule has 0 spiro atoms. The topological polar surface area (TPSA) is 82.2 Å². The molecule has 0 aliphatic carbocycles.